The molecule has 1 aliphatic rings. The maximum absolute atomic E-state index is 11.7. The lowest BCUT2D eigenvalue weighted by Crippen LogP contribution is -2.29. The molecule has 0 aromatic carbocycles. The molecule has 1 saturated heterocycles. The Balaban J connectivity index is 2.11. The second kappa shape index (κ2) is 9.75. The Labute approximate surface area is 121 Å². The average Bonchev–Trinajstić information content (AvgIpc) is 2.94. The highest BCUT2D eigenvalue weighted by atomic mass is 16.6. The fourth-order valence-corrected chi connectivity index (χ4v) is 2.07. The Hall–Kier alpha value is -1.10. The van der Waals surface area contributed by atoms with Gasteiger partial charge in [-0.2, -0.15) is 0 Å². The minimum Gasteiger partial charge on any atom is -0.460 e. The molecule has 0 aromatic rings. The first-order valence-corrected chi connectivity index (χ1v) is 7.61. The number of ether oxygens (including phenoxy) is 3. The Morgan fingerprint density at radius 2 is 2.10 bits per heavy atom. The van der Waals surface area contributed by atoms with Crippen LogP contribution in [-0.4, -0.2) is 37.4 Å². The van der Waals surface area contributed by atoms with E-state index < -0.39 is 12.1 Å². The highest BCUT2D eigenvalue weighted by Crippen LogP contribution is 2.12. The van der Waals surface area contributed by atoms with Crippen molar-refractivity contribution in [2.75, 3.05) is 13.2 Å². The summed E-state index contributed by atoms with van der Waals surface area (Å²) in [6.07, 6.45) is 5.51. The van der Waals surface area contributed by atoms with Crippen LogP contribution >= 0.6 is 0 Å². The van der Waals surface area contributed by atoms with Crippen LogP contribution in [0.5, 0.6) is 0 Å². The van der Waals surface area contributed by atoms with Gasteiger partial charge in [0.1, 0.15) is 6.61 Å². The summed E-state index contributed by atoms with van der Waals surface area (Å²) in [6, 6.07) is 0. The van der Waals surface area contributed by atoms with Crippen molar-refractivity contribution in [1.82, 2.24) is 0 Å². The zero-order chi connectivity index (χ0) is 14.8. The fourth-order valence-electron chi connectivity index (χ4n) is 2.07. The molecule has 2 atom stereocenters. The topological polar surface area (TPSA) is 61.8 Å². The third kappa shape index (κ3) is 6.89. The number of hydrogen-bond acceptors (Lipinski definition) is 5. The molecule has 5 nitrogen and oxygen atoms in total. The molecule has 116 valence electrons. The predicted octanol–water partition coefficient (Wildman–Crippen LogP) is 2.61. The Bertz CT molecular complexity index is 297. The van der Waals surface area contributed by atoms with Gasteiger partial charge in [-0.25, -0.2) is 4.79 Å². The van der Waals surface area contributed by atoms with Crippen LogP contribution in [0.1, 0.15) is 58.8 Å². The Morgan fingerprint density at radius 3 is 2.75 bits per heavy atom. The van der Waals surface area contributed by atoms with Crippen molar-refractivity contribution in [3.05, 3.63) is 0 Å². The molecular formula is C15H26O5. The third-order valence-corrected chi connectivity index (χ3v) is 3.31. The van der Waals surface area contributed by atoms with Crippen LogP contribution in [0.15, 0.2) is 0 Å². The molecule has 1 rings (SSSR count). The summed E-state index contributed by atoms with van der Waals surface area (Å²) >= 11 is 0. The van der Waals surface area contributed by atoms with Crippen LogP contribution in [0.25, 0.3) is 0 Å². The zero-order valence-corrected chi connectivity index (χ0v) is 12.6. The number of rotatable bonds is 9. The van der Waals surface area contributed by atoms with E-state index in [9.17, 15) is 9.59 Å². The standard InChI is InChI=1S/C15H26O5/c1-3-4-5-6-9-14(16)20-12(2)15(17)19-11-13-8-7-10-18-13/h12-13H,3-11H2,1-2H3. The molecule has 0 radical (unpaired) electrons. The lowest BCUT2D eigenvalue weighted by atomic mass is 10.1. The van der Waals surface area contributed by atoms with Gasteiger partial charge in [-0.3, -0.25) is 4.79 Å². The van der Waals surface area contributed by atoms with Crippen molar-refractivity contribution >= 4 is 11.9 Å². The number of carbonyl (C=O) groups excluding carboxylic acids is 2. The smallest absolute Gasteiger partial charge is 0.347 e. The second-order valence-corrected chi connectivity index (χ2v) is 5.21. The van der Waals surface area contributed by atoms with Crippen molar-refractivity contribution in [2.24, 2.45) is 0 Å². The van der Waals surface area contributed by atoms with Crippen LogP contribution < -0.4 is 0 Å². The SMILES string of the molecule is CCCCCCC(=O)OC(C)C(=O)OCC1CCCO1. The van der Waals surface area contributed by atoms with Crippen LogP contribution in [0, 0.1) is 0 Å². The summed E-state index contributed by atoms with van der Waals surface area (Å²) in [5.74, 6) is -0.829. The highest BCUT2D eigenvalue weighted by molar-refractivity contribution is 5.78. The minimum absolute atomic E-state index is 0.00380. The monoisotopic (exact) mass is 286 g/mol. The fraction of sp³-hybridized carbons (Fsp3) is 0.867. The van der Waals surface area contributed by atoms with Crippen LogP contribution in [0.4, 0.5) is 0 Å². The summed E-state index contributed by atoms with van der Waals surface area (Å²) < 4.78 is 15.5. The van der Waals surface area contributed by atoms with Gasteiger partial charge in [-0.15, -0.1) is 0 Å². The zero-order valence-electron chi connectivity index (χ0n) is 12.6. The quantitative estimate of drug-likeness (QED) is 0.481. The first-order valence-electron chi connectivity index (χ1n) is 7.61. The van der Waals surface area contributed by atoms with E-state index in [-0.39, 0.29) is 18.7 Å². The predicted molar refractivity (Wildman–Crippen MR) is 74.2 cm³/mol. The number of esters is 2. The van der Waals surface area contributed by atoms with Gasteiger partial charge in [0.2, 0.25) is 0 Å². The van der Waals surface area contributed by atoms with Gasteiger partial charge in [0.05, 0.1) is 6.10 Å². The third-order valence-electron chi connectivity index (χ3n) is 3.31. The molecule has 1 aliphatic heterocycles. The highest BCUT2D eigenvalue weighted by Gasteiger charge is 2.22. The normalized spacial score (nSPS) is 19.6. The summed E-state index contributed by atoms with van der Waals surface area (Å²) in [4.78, 5) is 23.2. The van der Waals surface area contributed by atoms with Crippen molar-refractivity contribution in [3.63, 3.8) is 0 Å². The van der Waals surface area contributed by atoms with Gasteiger partial charge < -0.3 is 14.2 Å². The molecule has 0 aromatic heterocycles. The molecule has 0 spiro atoms. The molecule has 1 fully saturated rings. The Morgan fingerprint density at radius 1 is 1.30 bits per heavy atom. The van der Waals surface area contributed by atoms with Gasteiger partial charge >= 0.3 is 11.9 Å². The summed E-state index contributed by atoms with van der Waals surface area (Å²) in [5, 5.41) is 0. The maximum atomic E-state index is 11.7. The molecule has 2 unspecified atom stereocenters. The van der Waals surface area contributed by atoms with Crippen LogP contribution in [0.3, 0.4) is 0 Å². The molecule has 0 bridgehead atoms. The molecule has 20 heavy (non-hydrogen) atoms. The van der Waals surface area contributed by atoms with Gasteiger partial charge in [0, 0.05) is 13.0 Å². The van der Waals surface area contributed by atoms with Crippen molar-refractivity contribution in [1.29, 1.82) is 0 Å². The Kier molecular flexibility index (Phi) is 8.26. The first-order chi connectivity index (χ1) is 9.63. The lowest BCUT2D eigenvalue weighted by molar-refractivity contribution is -0.168. The number of hydrogen-bond donors (Lipinski definition) is 0. The first kappa shape index (κ1) is 17.0. The van der Waals surface area contributed by atoms with Crippen molar-refractivity contribution in [2.45, 2.75) is 71.0 Å². The van der Waals surface area contributed by atoms with Gasteiger partial charge in [0.25, 0.3) is 0 Å². The van der Waals surface area contributed by atoms with Gasteiger partial charge in [-0.1, -0.05) is 26.2 Å². The molecule has 5 heteroatoms. The number of unbranched alkanes of at least 4 members (excludes halogenated alkanes) is 3. The molecule has 0 N–H and O–H groups in total. The number of carbonyl (C=O) groups is 2. The minimum atomic E-state index is -0.838. The summed E-state index contributed by atoms with van der Waals surface area (Å²) in [6.45, 7) is 4.63. The van der Waals surface area contributed by atoms with E-state index in [1.807, 2.05) is 0 Å². The molecule has 1 heterocycles. The molecule has 0 amide bonds. The van der Waals surface area contributed by atoms with E-state index in [0.717, 1.165) is 45.1 Å². The molecule has 0 aliphatic carbocycles. The second-order valence-electron chi connectivity index (χ2n) is 5.21. The summed E-state index contributed by atoms with van der Waals surface area (Å²) in [5.41, 5.74) is 0. The average molecular weight is 286 g/mol. The maximum Gasteiger partial charge on any atom is 0.347 e. The van der Waals surface area contributed by atoms with Gasteiger partial charge in [0.15, 0.2) is 6.10 Å². The molecular weight excluding hydrogens is 260 g/mol. The van der Waals surface area contributed by atoms with Gasteiger partial charge in [-0.05, 0) is 26.2 Å². The van der Waals surface area contributed by atoms with E-state index in [1.165, 1.54) is 0 Å². The van der Waals surface area contributed by atoms with Crippen LogP contribution in [0.2, 0.25) is 0 Å². The van der Waals surface area contributed by atoms with E-state index >= 15 is 0 Å². The molecule has 0 saturated carbocycles. The van der Waals surface area contributed by atoms with Crippen molar-refractivity contribution < 1.29 is 23.8 Å². The van der Waals surface area contributed by atoms with E-state index in [1.54, 1.807) is 6.92 Å². The van der Waals surface area contributed by atoms with E-state index in [2.05, 4.69) is 6.92 Å². The largest absolute Gasteiger partial charge is 0.460 e. The van der Waals surface area contributed by atoms with E-state index in [0.29, 0.717) is 6.42 Å². The lowest BCUT2D eigenvalue weighted by Gasteiger charge is -2.14. The van der Waals surface area contributed by atoms with Crippen LogP contribution in [-0.2, 0) is 23.8 Å². The van der Waals surface area contributed by atoms with Crippen molar-refractivity contribution in [3.8, 4) is 0 Å². The summed E-state index contributed by atoms with van der Waals surface area (Å²) in [7, 11) is 0. The van der Waals surface area contributed by atoms with E-state index in [4.69, 9.17) is 14.2 Å².